The summed E-state index contributed by atoms with van der Waals surface area (Å²) in [7, 11) is 3.19. The fourth-order valence-corrected chi connectivity index (χ4v) is 2.76. The number of amides is 1. The van der Waals surface area contributed by atoms with E-state index >= 15 is 0 Å². The zero-order valence-corrected chi connectivity index (χ0v) is 16.2. The predicted octanol–water partition coefficient (Wildman–Crippen LogP) is 2.51. The molecule has 0 fully saturated rings. The number of nitrogens with one attached hydrogen (secondary N) is 2. The van der Waals surface area contributed by atoms with Gasteiger partial charge in [-0.1, -0.05) is 24.3 Å². The van der Waals surface area contributed by atoms with Gasteiger partial charge >= 0.3 is 5.97 Å². The SMILES string of the molecule is COCCOC(=O)c1c(C)[nH]c(C(=O)NCc2ccc(COC)cc2)c1C. The van der Waals surface area contributed by atoms with Crippen molar-refractivity contribution < 1.29 is 23.8 Å². The molecule has 1 aromatic carbocycles. The maximum atomic E-state index is 12.5. The van der Waals surface area contributed by atoms with E-state index in [-0.39, 0.29) is 12.5 Å². The van der Waals surface area contributed by atoms with E-state index in [1.807, 2.05) is 24.3 Å². The molecule has 146 valence electrons. The molecule has 0 radical (unpaired) electrons. The normalized spacial score (nSPS) is 10.7. The Bertz CT molecular complexity index is 780. The third-order valence-corrected chi connectivity index (χ3v) is 4.18. The van der Waals surface area contributed by atoms with Gasteiger partial charge in [0.2, 0.25) is 0 Å². The van der Waals surface area contributed by atoms with Crippen molar-refractivity contribution in [1.29, 1.82) is 0 Å². The van der Waals surface area contributed by atoms with Gasteiger partial charge in [-0.05, 0) is 30.5 Å². The van der Waals surface area contributed by atoms with E-state index in [0.29, 0.717) is 42.3 Å². The monoisotopic (exact) mass is 374 g/mol. The number of hydrogen-bond acceptors (Lipinski definition) is 5. The average Bonchev–Trinajstić information content (AvgIpc) is 2.95. The molecule has 1 amide bonds. The Balaban J connectivity index is 2.01. The van der Waals surface area contributed by atoms with Gasteiger partial charge in [-0.15, -0.1) is 0 Å². The Morgan fingerprint density at radius 3 is 2.30 bits per heavy atom. The molecule has 2 aromatic rings. The van der Waals surface area contributed by atoms with Gasteiger partial charge in [0.25, 0.3) is 5.91 Å². The van der Waals surface area contributed by atoms with Crippen molar-refractivity contribution in [2.45, 2.75) is 27.0 Å². The molecule has 0 atom stereocenters. The Kier molecular flexibility index (Phi) is 7.57. The largest absolute Gasteiger partial charge is 0.460 e. The lowest BCUT2D eigenvalue weighted by Gasteiger charge is -2.07. The minimum atomic E-state index is -0.467. The first-order valence-electron chi connectivity index (χ1n) is 8.68. The third kappa shape index (κ3) is 5.42. The molecule has 0 bridgehead atoms. The molecule has 27 heavy (non-hydrogen) atoms. The van der Waals surface area contributed by atoms with Crippen LogP contribution in [0.25, 0.3) is 0 Å². The van der Waals surface area contributed by atoms with E-state index in [1.165, 1.54) is 7.11 Å². The summed E-state index contributed by atoms with van der Waals surface area (Å²) in [5, 5.41) is 2.87. The second-order valence-electron chi connectivity index (χ2n) is 6.19. The van der Waals surface area contributed by atoms with Crippen molar-refractivity contribution in [2.24, 2.45) is 0 Å². The molecule has 7 nitrogen and oxygen atoms in total. The summed E-state index contributed by atoms with van der Waals surface area (Å²) in [4.78, 5) is 27.7. The summed E-state index contributed by atoms with van der Waals surface area (Å²) in [6.07, 6.45) is 0. The Hall–Kier alpha value is -2.64. The van der Waals surface area contributed by atoms with Gasteiger partial charge in [0.1, 0.15) is 12.3 Å². The van der Waals surface area contributed by atoms with Crippen LogP contribution in [-0.4, -0.2) is 44.3 Å². The first kappa shape index (κ1) is 20.7. The molecule has 1 aromatic heterocycles. The van der Waals surface area contributed by atoms with Crippen LogP contribution < -0.4 is 5.32 Å². The maximum absolute atomic E-state index is 12.5. The van der Waals surface area contributed by atoms with Crippen LogP contribution in [0.5, 0.6) is 0 Å². The first-order valence-corrected chi connectivity index (χ1v) is 8.68. The number of carbonyl (C=O) groups is 2. The van der Waals surface area contributed by atoms with Crippen LogP contribution >= 0.6 is 0 Å². The number of hydrogen-bond donors (Lipinski definition) is 2. The van der Waals surface area contributed by atoms with Gasteiger partial charge in [0.15, 0.2) is 0 Å². The van der Waals surface area contributed by atoms with Crippen molar-refractivity contribution in [2.75, 3.05) is 27.4 Å². The quantitative estimate of drug-likeness (QED) is 0.520. The van der Waals surface area contributed by atoms with Crippen molar-refractivity contribution in [3.8, 4) is 0 Å². The van der Waals surface area contributed by atoms with E-state index in [4.69, 9.17) is 14.2 Å². The highest BCUT2D eigenvalue weighted by Crippen LogP contribution is 2.19. The number of aromatic amines is 1. The minimum Gasteiger partial charge on any atom is -0.460 e. The smallest absolute Gasteiger partial charge is 0.340 e. The van der Waals surface area contributed by atoms with Crippen molar-refractivity contribution in [1.82, 2.24) is 10.3 Å². The Morgan fingerprint density at radius 1 is 1.00 bits per heavy atom. The molecule has 2 N–H and O–H groups in total. The van der Waals surface area contributed by atoms with Crippen LogP contribution in [0.2, 0.25) is 0 Å². The summed E-state index contributed by atoms with van der Waals surface area (Å²) in [6, 6.07) is 7.81. The van der Waals surface area contributed by atoms with E-state index in [0.717, 1.165) is 11.1 Å². The maximum Gasteiger partial charge on any atom is 0.340 e. The van der Waals surface area contributed by atoms with Crippen molar-refractivity contribution in [3.05, 3.63) is 57.9 Å². The molecule has 0 aliphatic rings. The number of carbonyl (C=O) groups excluding carboxylic acids is 2. The number of ether oxygens (including phenoxy) is 3. The number of aromatic nitrogens is 1. The fraction of sp³-hybridized carbons (Fsp3) is 0.400. The highest BCUT2D eigenvalue weighted by Gasteiger charge is 2.22. The number of H-pyrrole nitrogens is 1. The topological polar surface area (TPSA) is 89.7 Å². The van der Waals surface area contributed by atoms with Gasteiger partial charge in [-0.2, -0.15) is 0 Å². The zero-order valence-electron chi connectivity index (χ0n) is 16.2. The van der Waals surface area contributed by atoms with Crippen LogP contribution in [0.1, 0.15) is 43.2 Å². The van der Waals surface area contributed by atoms with E-state index < -0.39 is 5.97 Å². The number of rotatable bonds is 9. The third-order valence-electron chi connectivity index (χ3n) is 4.18. The molecule has 0 saturated carbocycles. The van der Waals surface area contributed by atoms with E-state index in [9.17, 15) is 9.59 Å². The number of aryl methyl sites for hydroxylation is 1. The number of benzene rings is 1. The van der Waals surface area contributed by atoms with Gasteiger partial charge < -0.3 is 24.5 Å². The molecule has 0 aliphatic carbocycles. The van der Waals surface area contributed by atoms with Crippen LogP contribution in [-0.2, 0) is 27.4 Å². The lowest BCUT2D eigenvalue weighted by molar-refractivity contribution is 0.0387. The first-order chi connectivity index (χ1) is 13.0. The lowest BCUT2D eigenvalue weighted by Crippen LogP contribution is -2.24. The molecule has 7 heteroatoms. The summed E-state index contributed by atoms with van der Waals surface area (Å²) >= 11 is 0. The molecular weight excluding hydrogens is 348 g/mol. The van der Waals surface area contributed by atoms with E-state index in [2.05, 4.69) is 10.3 Å². The zero-order chi connectivity index (χ0) is 19.8. The highest BCUT2D eigenvalue weighted by atomic mass is 16.6. The summed E-state index contributed by atoms with van der Waals surface area (Å²) in [6.45, 7) is 4.90. The summed E-state index contributed by atoms with van der Waals surface area (Å²) < 4.78 is 15.1. The van der Waals surface area contributed by atoms with Gasteiger partial charge in [-0.3, -0.25) is 4.79 Å². The Morgan fingerprint density at radius 2 is 1.67 bits per heavy atom. The van der Waals surface area contributed by atoms with Gasteiger partial charge in [0.05, 0.1) is 18.8 Å². The van der Waals surface area contributed by atoms with Crippen molar-refractivity contribution in [3.63, 3.8) is 0 Å². The molecular formula is C20H26N2O5. The van der Waals surface area contributed by atoms with Gasteiger partial charge in [0, 0.05) is 26.5 Å². The number of methoxy groups -OCH3 is 2. The molecule has 0 saturated heterocycles. The Labute approximate surface area is 159 Å². The summed E-state index contributed by atoms with van der Waals surface area (Å²) in [5.74, 6) is -0.737. The average molecular weight is 374 g/mol. The van der Waals surface area contributed by atoms with Crippen LogP contribution in [0, 0.1) is 13.8 Å². The van der Waals surface area contributed by atoms with Crippen LogP contribution in [0.15, 0.2) is 24.3 Å². The standard InChI is InChI=1S/C20H26N2O5/c1-13-17(20(24)27-10-9-25-3)14(2)22-18(13)19(23)21-11-15-5-7-16(8-6-15)12-26-4/h5-8,22H,9-12H2,1-4H3,(H,21,23). The summed E-state index contributed by atoms with van der Waals surface area (Å²) in [5.41, 5.74) is 3.97. The molecule has 0 spiro atoms. The highest BCUT2D eigenvalue weighted by molar-refractivity contribution is 6.00. The molecule has 0 aliphatic heterocycles. The number of esters is 1. The lowest BCUT2D eigenvalue weighted by atomic mass is 10.1. The second kappa shape index (κ2) is 9.89. The molecule has 2 rings (SSSR count). The molecule has 0 unspecified atom stereocenters. The predicted molar refractivity (Wildman–Crippen MR) is 101 cm³/mol. The van der Waals surface area contributed by atoms with Crippen LogP contribution in [0.4, 0.5) is 0 Å². The fourth-order valence-electron chi connectivity index (χ4n) is 2.76. The molecule has 1 heterocycles. The van der Waals surface area contributed by atoms with Gasteiger partial charge in [-0.25, -0.2) is 4.79 Å². The van der Waals surface area contributed by atoms with Crippen LogP contribution in [0.3, 0.4) is 0 Å². The second-order valence-corrected chi connectivity index (χ2v) is 6.19. The van der Waals surface area contributed by atoms with Crippen molar-refractivity contribution >= 4 is 11.9 Å². The van der Waals surface area contributed by atoms with E-state index in [1.54, 1.807) is 21.0 Å². The minimum absolute atomic E-state index is 0.167.